The van der Waals surface area contributed by atoms with E-state index in [1.165, 1.54) is 22.9 Å². The number of aromatic nitrogens is 3. The minimum Gasteiger partial charge on any atom is -0.461 e. The van der Waals surface area contributed by atoms with Crippen LogP contribution in [0, 0.1) is 0 Å². The van der Waals surface area contributed by atoms with Crippen molar-refractivity contribution in [3.8, 4) is 11.3 Å². The molecule has 0 radical (unpaired) electrons. The lowest BCUT2D eigenvalue weighted by atomic mass is 10.1. The summed E-state index contributed by atoms with van der Waals surface area (Å²) in [5.41, 5.74) is 3.45. The lowest BCUT2D eigenvalue weighted by Gasteiger charge is -2.00. The van der Waals surface area contributed by atoms with Crippen LogP contribution < -0.4 is 0 Å². The average molecular weight is 331 g/mol. The predicted molar refractivity (Wildman–Crippen MR) is 86.2 cm³/mol. The Kier molecular flexibility index (Phi) is 4.55. The molecular formula is C15H13N3O2S2. The Labute approximate surface area is 135 Å². The SMILES string of the molecule is CCOC(=O)c1csc(Cc2ccc(-c3csnn3)cc2)n1. The van der Waals surface area contributed by atoms with Gasteiger partial charge in [0.2, 0.25) is 0 Å². The van der Waals surface area contributed by atoms with Crippen LogP contribution in [0.4, 0.5) is 0 Å². The molecule has 1 aromatic carbocycles. The van der Waals surface area contributed by atoms with Gasteiger partial charge in [0.05, 0.1) is 11.6 Å². The van der Waals surface area contributed by atoms with Crippen molar-refractivity contribution in [2.45, 2.75) is 13.3 Å². The number of esters is 1. The monoisotopic (exact) mass is 331 g/mol. The highest BCUT2D eigenvalue weighted by Gasteiger charge is 2.11. The molecule has 0 fully saturated rings. The molecule has 3 rings (SSSR count). The molecule has 2 aromatic heterocycles. The van der Waals surface area contributed by atoms with Gasteiger partial charge in [-0.15, -0.1) is 16.4 Å². The predicted octanol–water partition coefficient (Wildman–Crippen LogP) is 3.43. The van der Waals surface area contributed by atoms with Crippen LogP contribution in [-0.2, 0) is 11.2 Å². The first kappa shape index (κ1) is 14.8. The largest absolute Gasteiger partial charge is 0.461 e. The number of rotatable bonds is 5. The molecule has 7 heteroatoms. The van der Waals surface area contributed by atoms with Crippen molar-refractivity contribution >= 4 is 28.8 Å². The van der Waals surface area contributed by atoms with Crippen LogP contribution in [-0.4, -0.2) is 27.1 Å². The van der Waals surface area contributed by atoms with Gasteiger partial charge in [0, 0.05) is 22.7 Å². The number of nitrogens with zero attached hydrogens (tertiary/aromatic N) is 3. The van der Waals surface area contributed by atoms with Crippen molar-refractivity contribution in [2.75, 3.05) is 6.61 Å². The fourth-order valence-corrected chi connectivity index (χ4v) is 3.21. The van der Waals surface area contributed by atoms with E-state index in [1.807, 2.05) is 29.6 Å². The van der Waals surface area contributed by atoms with Crippen molar-refractivity contribution in [3.63, 3.8) is 0 Å². The number of carbonyl (C=O) groups is 1. The normalized spacial score (nSPS) is 10.6. The molecule has 22 heavy (non-hydrogen) atoms. The van der Waals surface area contributed by atoms with Crippen molar-refractivity contribution in [1.29, 1.82) is 0 Å². The van der Waals surface area contributed by atoms with Gasteiger partial charge in [0.25, 0.3) is 0 Å². The minimum absolute atomic E-state index is 0.360. The number of hydrogen-bond donors (Lipinski definition) is 0. The standard InChI is InChI=1S/C15H13N3O2S2/c1-2-20-15(19)13-8-21-14(16-13)7-10-3-5-11(6-4-10)12-9-22-18-17-12/h3-6,8-9H,2,7H2,1H3. The zero-order valence-corrected chi connectivity index (χ0v) is 13.5. The van der Waals surface area contributed by atoms with E-state index in [0.29, 0.717) is 18.7 Å². The van der Waals surface area contributed by atoms with Gasteiger partial charge in [-0.3, -0.25) is 0 Å². The van der Waals surface area contributed by atoms with E-state index in [4.69, 9.17) is 4.74 Å². The number of ether oxygens (including phenoxy) is 1. The first-order valence-corrected chi connectivity index (χ1v) is 8.45. The van der Waals surface area contributed by atoms with E-state index in [1.54, 1.807) is 12.3 Å². The quantitative estimate of drug-likeness (QED) is 0.670. The molecule has 3 aromatic rings. The third-order valence-electron chi connectivity index (χ3n) is 3.00. The summed E-state index contributed by atoms with van der Waals surface area (Å²) >= 11 is 2.81. The van der Waals surface area contributed by atoms with Gasteiger partial charge in [-0.2, -0.15) is 0 Å². The van der Waals surface area contributed by atoms with E-state index in [-0.39, 0.29) is 5.97 Å². The lowest BCUT2D eigenvalue weighted by Crippen LogP contribution is -2.05. The van der Waals surface area contributed by atoms with E-state index in [0.717, 1.165) is 21.8 Å². The highest BCUT2D eigenvalue weighted by Crippen LogP contribution is 2.20. The zero-order valence-electron chi connectivity index (χ0n) is 11.9. The molecule has 112 valence electrons. The van der Waals surface area contributed by atoms with E-state index in [9.17, 15) is 4.79 Å². The Hall–Kier alpha value is -2.12. The van der Waals surface area contributed by atoms with Crippen LogP contribution in [0.25, 0.3) is 11.3 Å². The lowest BCUT2D eigenvalue weighted by molar-refractivity contribution is 0.0520. The molecule has 0 spiro atoms. The van der Waals surface area contributed by atoms with Crippen LogP contribution >= 0.6 is 22.9 Å². The van der Waals surface area contributed by atoms with E-state index in [2.05, 4.69) is 14.6 Å². The molecule has 0 saturated heterocycles. The summed E-state index contributed by atoms with van der Waals surface area (Å²) in [4.78, 5) is 15.9. The summed E-state index contributed by atoms with van der Waals surface area (Å²) in [7, 11) is 0. The molecule has 5 nitrogen and oxygen atoms in total. The molecule has 0 aliphatic heterocycles. The first-order valence-electron chi connectivity index (χ1n) is 6.74. The Balaban J connectivity index is 1.70. The number of thiazole rings is 1. The minimum atomic E-state index is -0.364. The maximum atomic E-state index is 11.6. The maximum absolute atomic E-state index is 11.6. The summed E-state index contributed by atoms with van der Waals surface area (Å²) in [5, 5.41) is 8.60. The third kappa shape index (κ3) is 3.37. The zero-order chi connectivity index (χ0) is 15.4. The molecule has 0 N–H and O–H groups in total. The smallest absolute Gasteiger partial charge is 0.357 e. The second-order valence-electron chi connectivity index (χ2n) is 4.51. The Bertz CT molecular complexity index is 751. The third-order valence-corrected chi connectivity index (χ3v) is 4.35. The van der Waals surface area contributed by atoms with Crippen LogP contribution in [0.2, 0.25) is 0 Å². The number of benzene rings is 1. The Morgan fingerprint density at radius 2 is 2.05 bits per heavy atom. The highest BCUT2D eigenvalue weighted by atomic mass is 32.1. The fourth-order valence-electron chi connectivity index (χ4n) is 1.95. The first-order chi connectivity index (χ1) is 10.8. The van der Waals surface area contributed by atoms with Crippen molar-refractivity contribution in [3.05, 3.63) is 51.3 Å². The van der Waals surface area contributed by atoms with Gasteiger partial charge in [-0.1, -0.05) is 28.8 Å². The van der Waals surface area contributed by atoms with Gasteiger partial charge < -0.3 is 4.74 Å². The molecule has 0 aliphatic carbocycles. The van der Waals surface area contributed by atoms with Crippen molar-refractivity contribution < 1.29 is 9.53 Å². The molecule has 0 atom stereocenters. The van der Waals surface area contributed by atoms with Crippen LogP contribution in [0.1, 0.15) is 28.0 Å². The van der Waals surface area contributed by atoms with E-state index < -0.39 is 0 Å². The van der Waals surface area contributed by atoms with Crippen LogP contribution in [0.3, 0.4) is 0 Å². The second kappa shape index (κ2) is 6.76. The number of hydrogen-bond acceptors (Lipinski definition) is 7. The Morgan fingerprint density at radius 3 is 2.73 bits per heavy atom. The van der Waals surface area contributed by atoms with Gasteiger partial charge in [0.1, 0.15) is 5.69 Å². The van der Waals surface area contributed by atoms with Crippen molar-refractivity contribution in [2.24, 2.45) is 0 Å². The fraction of sp³-hybridized carbons (Fsp3) is 0.200. The average Bonchev–Trinajstić information content (AvgIpc) is 3.19. The molecule has 0 saturated carbocycles. The molecule has 0 aliphatic rings. The van der Waals surface area contributed by atoms with Gasteiger partial charge in [-0.25, -0.2) is 9.78 Å². The van der Waals surface area contributed by atoms with Crippen molar-refractivity contribution in [1.82, 2.24) is 14.6 Å². The van der Waals surface area contributed by atoms with Crippen LogP contribution in [0.15, 0.2) is 35.0 Å². The van der Waals surface area contributed by atoms with E-state index >= 15 is 0 Å². The summed E-state index contributed by atoms with van der Waals surface area (Å²) in [6.07, 6.45) is 0.694. The second-order valence-corrected chi connectivity index (χ2v) is 6.06. The van der Waals surface area contributed by atoms with Crippen LogP contribution in [0.5, 0.6) is 0 Å². The van der Waals surface area contributed by atoms with Gasteiger partial charge >= 0.3 is 5.97 Å². The Morgan fingerprint density at radius 1 is 1.23 bits per heavy atom. The number of carbonyl (C=O) groups excluding carboxylic acids is 1. The summed E-state index contributed by atoms with van der Waals surface area (Å²) in [6.45, 7) is 2.14. The van der Waals surface area contributed by atoms with Gasteiger partial charge in [-0.05, 0) is 24.0 Å². The molecule has 0 bridgehead atoms. The summed E-state index contributed by atoms with van der Waals surface area (Å²) < 4.78 is 8.80. The molecular weight excluding hydrogens is 318 g/mol. The topological polar surface area (TPSA) is 65.0 Å². The maximum Gasteiger partial charge on any atom is 0.357 e. The molecule has 0 unspecified atom stereocenters. The highest BCUT2D eigenvalue weighted by molar-refractivity contribution is 7.09. The summed E-state index contributed by atoms with van der Waals surface area (Å²) in [6, 6.07) is 8.12. The van der Waals surface area contributed by atoms with Gasteiger partial charge in [0.15, 0.2) is 5.69 Å². The molecule has 2 heterocycles. The summed E-state index contributed by atoms with van der Waals surface area (Å²) in [5.74, 6) is -0.364. The molecule has 0 amide bonds.